The number of rotatable bonds is 7. The van der Waals surface area contributed by atoms with E-state index in [2.05, 4.69) is 15.4 Å². The minimum absolute atomic E-state index is 0.168. The van der Waals surface area contributed by atoms with Crippen LogP contribution in [0.25, 0.3) is 0 Å². The molecule has 30 heavy (non-hydrogen) atoms. The van der Waals surface area contributed by atoms with Crippen LogP contribution in [0, 0.1) is 0 Å². The zero-order valence-corrected chi connectivity index (χ0v) is 17.2. The van der Waals surface area contributed by atoms with Crippen molar-refractivity contribution in [2.75, 3.05) is 16.3 Å². The Balaban J connectivity index is 1.68. The van der Waals surface area contributed by atoms with Crippen molar-refractivity contribution in [2.24, 2.45) is 0 Å². The van der Waals surface area contributed by atoms with E-state index in [1.165, 1.54) is 6.26 Å². The molecule has 9 heteroatoms. The molecule has 0 aliphatic rings. The average Bonchev–Trinajstić information content (AvgIpc) is 3.22. The van der Waals surface area contributed by atoms with E-state index in [0.29, 0.717) is 16.9 Å². The summed E-state index contributed by atoms with van der Waals surface area (Å²) in [7, 11) is -3.40. The van der Waals surface area contributed by atoms with Crippen molar-refractivity contribution < 1.29 is 22.4 Å². The van der Waals surface area contributed by atoms with Crippen LogP contribution in [-0.4, -0.2) is 26.5 Å². The van der Waals surface area contributed by atoms with E-state index in [1.54, 1.807) is 67.6 Å². The van der Waals surface area contributed by atoms with Crippen molar-refractivity contribution in [3.05, 3.63) is 83.8 Å². The summed E-state index contributed by atoms with van der Waals surface area (Å²) in [6.45, 7) is 1.79. The molecule has 0 spiro atoms. The standard InChI is InChI=1S/C21H21N3O5S/c1-14(15-6-3-9-18(12-15)24-30(2,27)28)22-20(25)16-7-4-8-17(13-16)23-21(26)19-10-5-11-29-19/h3-14,24H,1-2H3,(H,22,25)(H,23,26). The first kappa shape index (κ1) is 21.1. The van der Waals surface area contributed by atoms with Gasteiger partial charge in [-0.05, 0) is 55.0 Å². The Morgan fingerprint density at radius 1 is 0.933 bits per heavy atom. The molecule has 0 aliphatic carbocycles. The number of nitrogens with one attached hydrogen (secondary N) is 3. The Morgan fingerprint density at radius 3 is 2.37 bits per heavy atom. The van der Waals surface area contributed by atoms with Crippen LogP contribution in [0.5, 0.6) is 0 Å². The van der Waals surface area contributed by atoms with Gasteiger partial charge in [-0.15, -0.1) is 0 Å². The molecule has 0 saturated heterocycles. The van der Waals surface area contributed by atoms with Gasteiger partial charge < -0.3 is 15.1 Å². The number of anilines is 2. The predicted octanol–water partition coefficient (Wildman–Crippen LogP) is 3.39. The first-order valence-electron chi connectivity index (χ1n) is 9.05. The van der Waals surface area contributed by atoms with Crippen molar-refractivity contribution in [3.8, 4) is 0 Å². The van der Waals surface area contributed by atoms with Crippen LogP contribution in [0.2, 0.25) is 0 Å². The fourth-order valence-corrected chi connectivity index (χ4v) is 3.34. The van der Waals surface area contributed by atoms with Gasteiger partial charge in [0.25, 0.3) is 11.8 Å². The van der Waals surface area contributed by atoms with Crippen molar-refractivity contribution >= 4 is 33.2 Å². The van der Waals surface area contributed by atoms with Gasteiger partial charge in [0.15, 0.2) is 5.76 Å². The molecule has 3 aromatic rings. The van der Waals surface area contributed by atoms with Gasteiger partial charge >= 0.3 is 0 Å². The topological polar surface area (TPSA) is 118 Å². The zero-order chi connectivity index (χ0) is 21.7. The number of hydrogen-bond acceptors (Lipinski definition) is 5. The van der Waals surface area contributed by atoms with Gasteiger partial charge in [0.1, 0.15) is 0 Å². The van der Waals surface area contributed by atoms with E-state index in [-0.39, 0.29) is 17.7 Å². The molecule has 1 atom stereocenters. The molecule has 0 radical (unpaired) electrons. The summed E-state index contributed by atoms with van der Waals surface area (Å²) in [5.74, 6) is -0.583. The van der Waals surface area contributed by atoms with Gasteiger partial charge in [-0.25, -0.2) is 8.42 Å². The highest BCUT2D eigenvalue weighted by Gasteiger charge is 2.14. The van der Waals surface area contributed by atoms with Crippen molar-refractivity contribution in [3.63, 3.8) is 0 Å². The maximum atomic E-state index is 12.7. The van der Waals surface area contributed by atoms with Crippen LogP contribution in [0.1, 0.15) is 39.4 Å². The van der Waals surface area contributed by atoms with Gasteiger partial charge in [-0.3, -0.25) is 14.3 Å². The Labute approximate surface area is 174 Å². The molecule has 156 valence electrons. The first-order valence-corrected chi connectivity index (χ1v) is 10.9. The van der Waals surface area contributed by atoms with E-state index in [1.807, 2.05) is 0 Å². The molecule has 2 amide bonds. The number of carbonyl (C=O) groups excluding carboxylic acids is 2. The van der Waals surface area contributed by atoms with Crippen molar-refractivity contribution in [1.82, 2.24) is 5.32 Å². The lowest BCUT2D eigenvalue weighted by molar-refractivity contribution is 0.0938. The SMILES string of the molecule is CC(NC(=O)c1cccc(NC(=O)c2ccco2)c1)c1cccc(NS(C)(=O)=O)c1. The highest BCUT2D eigenvalue weighted by molar-refractivity contribution is 7.92. The van der Waals surface area contributed by atoms with Crippen LogP contribution >= 0.6 is 0 Å². The molecule has 1 aromatic heterocycles. The highest BCUT2D eigenvalue weighted by atomic mass is 32.2. The zero-order valence-electron chi connectivity index (χ0n) is 16.4. The number of sulfonamides is 1. The first-order chi connectivity index (χ1) is 14.2. The molecule has 1 unspecified atom stereocenters. The normalized spacial score (nSPS) is 12.1. The molecule has 0 bridgehead atoms. The maximum Gasteiger partial charge on any atom is 0.291 e. The minimum Gasteiger partial charge on any atom is -0.459 e. The number of benzene rings is 2. The molecule has 8 nitrogen and oxygen atoms in total. The second kappa shape index (κ2) is 8.83. The van der Waals surface area contributed by atoms with E-state index < -0.39 is 15.9 Å². The van der Waals surface area contributed by atoms with E-state index in [0.717, 1.165) is 11.8 Å². The highest BCUT2D eigenvalue weighted by Crippen LogP contribution is 2.19. The lowest BCUT2D eigenvalue weighted by Crippen LogP contribution is -2.26. The summed E-state index contributed by atoms with van der Waals surface area (Å²) < 4.78 is 30.3. The van der Waals surface area contributed by atoms with Gasteiger partial charge in [-0.1, -0.05) is 18.2 Å². The quantitative estimate of drug-likeness (QED) is 0.534. The Morgan fingerprint density at radius 2 is 1.67 bits per heavy atom. The predicted molar refractivity (Wildman–Crippen MR) is 114 cm³/mol. The van der Waals surface area contributed by atoms with Crippen molar-refractivity contribution in [1.29, 1.82) is 0 Å². The summed E-state index contributed by atoms with van der Waals surface area (Å²) in [4.78, 5) is 24.8. The minimum atomic E-state index is -3.40. The Bertz CT molecular complexity index is 1160. The third-order valence-electron chi connectivity index (χ3n) is 4.17. The average molecular weight is 427 g/mol. The molecule has 0 aliphatic heterocycles. The third-order valence-corrected chi connectivity index (χ3v) is 4.77. The lowest BCUT2D eigenvalue weighted by Gasteiger charge is -2.16. The van der Waals surface area contributed by atoms with Crippen LogP contribution in [-0.2, 0) is 10.0 Å². The lowest BCUT2D eigenvalue weighted by atomic mass is 10.1. The number of amides is 2. The van der Waals surface area contributed by atoms with Crippen LogP contribution in [0.15, 0.2) is 71.3 Å². The van der Waals surface area contributed by atoms with Crippen molar-refractivity contribution in [2.45, 2.75) is 13.0 Å². The fourth-order valence-electron chi connectivity index (χ4n) is 2.79. The molecule has 2 aromatic carbocycles. The number of hydrogen-bond donors (Lipinski definition) is 3. The van der Waals surface area contributed by atoms with Crippen LogP contribution in [0.4, 0.5) is 11.4 Å². The van der Waals surface area contributed by atoms with Gasteiger partial charge in [0.05, 0.1) is 18.6 Å². The Hall–Kier alpha value is -3.59. The van der Waals surface area contributed by atoms with E-state index in [9.17, 15) is 18.0 Å². The molecule has 3 rings (SSSR count). The monoisotopic (exact) mass is 427 g/mol. The summed E-state index contributed by atoms with van der Waals surface area (Å²) in [5, 5.41) is 5.54. The molecular weight excluding hydrogens is 406 g/mol. The maximum absolute atomic E-state index is 12.7. The fraction of sp³-hybridized carbons (Fsp3) is 0.143. The second-order valence-electron chi connectivity index (χ2n) is 6.71. The third kappa shape index (κ3) is 5.71. The summed E-state index contributed by atoms with van der Waals surface area (Å²) in [6, 6.07) is 16.1. The summed E-state index contributed by atoms with van der Waals surface area (Å²) >= 11 is 0. The van der Waals surface area contributed by atoms with E-state index >= 15 is 0 Å². The molecule has 0 fully saturated rings. The number of carbonyl (C=O) groups is 2. The Kier molecular flexibility index (Phi) is 6.22. The molecular formula is C21H21N3O5S. The van der Waals surface area contributed by atoms with Crippen LogP contribution in [0.3, 0.4) is 0 Å². The van der Waals surface area contributed by atoms with Gasteiger partial charge in [-0.2, -0.15) is 0 Å². The molecule has 1 heterocycles. The second-order valence-corrected chi connectivity index (χ2v) is 8.46. The van der Waals surface area contributed by atoms with E-state index in [4.69, 9.17) is 4.42 Å². The van der Waals surface area contributed by atoms with Crippen LogP contribution < -0.4 is 15.4 Å². The molecule has 0 saturated carbocycles. The number of furan rings is 1. The summed E-state index contributed by atoms with van der Waals surface area (Å²) in [6.07, 6.45) is 2.48. The van der Waals surface area contributed by atoms with Gasteiger partial charge in [0, 0.05) is 16.9 Å². The smallest absolute Gasteiger partial charge is 0.291 e. The molecule has 3 N–H and O–H groups in total. The van der Waals surface area contributed by atoms with Gasteiger partial charge in [0.2, 0.25) is 10.0 Å². The largest absolute Gasteiger partial charge is 0.459 e. The summed E-state index contributed by atoms with van der Waals surface area (Å²) in [5.41, 5.74) is 1.97.